The minimum absolute atomic E-state index is 0. The molecule has 3 N–H and O–H groups in total. The van der Waals surface area contributed by atoms with Gasteiger partial charge in [-0.2, -0.15) is 0 Å². The van der Waals surface area contributed by atoms with E-state index in [-0.39, 0.29) is 23.7 Å². The summed E-state index contributed by atoms with van der Waals surface area (Å²) < 4.78 is 0. The second kappa shape index (κ2) is 8.74. The van der Waals surface area contributed by atoms with E-state index in [1.54, 1.807) is 0 Å². The molecule has 0 spiro atoms. The summed E-state index contributed by atoms with van der Waals surface area (Å²) in [5.74, 6) is 0.0647. The SMILES string of the molecule is Cc1ccccc1C(C)(C)CNC(=O)CCc1ccccc1N.Cl. The number of hydrogen-bond donors (Lipinski definition) is 2. The van der Waals surface area contributed by atoms with Gasteiger partial charge in [0.15, 0.2) is 0 Å². The lowest BCUT2D eigenvalue weighted by molar-refractivity contribution is -0.121. The lowest BCUT2D eigenvalue weighted by Gasteiger charge is -2.27. The molecule has 0 bridgehead atoms. The van der Waals surface area contributed by atoms with Crippen LogP contribution in [0.25, 0.3) is 0 Å². The Balaban J connectivity index is 0.00000288. The fourth-order valence-electron chi connectivity index (χ4n) is 2.85. The molecule has 2 rings (SSSR count). The van der Waals surface area contributed by atoms with Crippen molar-refractivity contribution in [3.05, 3.63) is 65.2 Å². The van der Waals surface area contributed by atoms with Crippen LogP contribution in [0.2, 0.25) is 0 Å². The van der Waals surface area contributed by atoms with Crippen LogP contribution < -0.4 is 11.1 Å². The van der Waals surface area contributed by atoms with Gasteiger partial charge in [-0.25, -0.2) is 0 Å². The first-order valence-corrected chi connectivity index (χ1v) is 8.06. The van der Waals surface area contributed by atoms with Crippen LogP contribution in [0.4, 0.5) is 5.69 Å². The maximum Gasteiger partial charge on any atom is 0.220 e. The predicted octanol–water partition coefficient (Wildman–Crippen LogP) is 4.03. The standard InChI is InChI=1S/C20H26N2O.ClH/c1-15-8-4-6-10-17(15)20(2,3)14-22-19(23)13-12-16-9-5-7-11-18(16)21;/h4-11H,12-14,21H2,1-3H3,(H,22,23);1H. The molecule has 0 aliphatic heterocycles. The zero-order chi connectivity index (χ0) is 16.9. The van der Waals surface area contributed by atoms with Gasteiger partial charge in [-0.05, 0) is 36.1 Å². The van der Waals surface area contributed by atoms with Crippen molar-refractivity contribution in [2.45, 2.75) is 39.0 Å². The van der Waals surface area contributed by atoms with Crippen LogP contribution in [-0.4, -0.2) is 12.5 Å². The first-order chi connectivity index (χ1) is 10.9. The maximum atomic E-state index is 12.1. The summed E-state index contributed by atoms with van der Waals surface area (Å²) in [5.41, 5.74) is 10.1. The Hall–Kier alpha value is -2.00. The average molecular weight is 347 g/mol. The van der Waals surface area contributed by atoms with E-state index >= 15 is 0 Å². The molecule has 0 unspecified atom stereocenters. The largest absolute Gasteiger partial charge is 0.399 e. The lowest BCUT2D eigenvalue weighted by Crippen LogP contribution is -2.37. The molecule has 0 radical (unpaired) electrons. The fraction of sp³-hybridized carbons (Fsp3) is 0.350. The summed E-state index contributed by atoms with van der Waals surface area (Å²) in [6, 6.07) is 16.0. The molecular weight excluding hydrogens is 320 g/mol. The number of para-hydroxylation sites is 1. The number of halogens is 1. The molecule has 24 heavy (non-hydrogen) atoms. The number of aryl methyl sites for hydroxylation is 2. The smallest absolute Gasteiger partial charge is 0.220 e. The Morgan fingerprint density at radius 3 is 2.38 bits per heavy atom. The van der Waals surface area contributed by atoms with Crippen LogP contribution in [0, 0.1) is 6.92 Å². The van der Waals surface area contributed by atoms with Crippen LogP contribution in [0.15, 0.2) is 48.5 Å². The lowest BCUT2D eigenvalue weighted by atomic mass is 9.82. The summed E-state index contributed by atoms with van der Waals surface area (Å²) in [4.78, 5) is 12.1. The Kier molecular flexibility index (Phi) is 7.30. The topological polar surface area (TPSA) is 55.1 Å². The Morgan fingerprint density at radius 1 is 1.08 bits per heavy atom. The molecule has 2 aromatic rings. The van der Waals surface area contributed by atoms with Gasteiger partial charge >= 0.3 is 0 Å². The second-order valence-corrected chi connectivity index (χ2v) is 6.67. The quantitative estimate of drug-likeness (QED) is 0.776. The van der Waals surface area contributed by atoms with Gasteiger partial charge in [0.2, 0.25) is 5.91 Å². The molecule has 0 heterocycles. The van der Waals surface area contributed by atoms with E-state index in [1.807, 2.05) is 36.4 Å². The number of amides is 1. The molecule has 0 aromatic heterocycles. The predicted molar refractivity (Wildman–Crippen MR) is 104 cm³/mol. The minimum Gasteiger partial charge on any atom is -0.399 e. The molecule has 0 saturated carbocycles. The monoisotopic (exact) mass is 346 g/mol. The summed E-state index contributed by atoms with van der Waals surface area (Å²) >= 11 is 0. The van der Waals surface area contributed by atoms with Gasteiger partial charge in [-0.1, -0.05) is 56.3 Å². The van der Waals surface area contributed by atoms with E-state index in [2.05, 4.69) is 38.2 Å². The van der Waals surface area contributed by atoms with Gasteiger partial charge in [0.1, 0.15) is 0 Å². The van der Waals surface area contributed by atoms with E-state index in [0.29, 0.717) is 19.4 Å². The van der Waals surface area contributed by atoms with Crippen molar-refractivity contribution in [1.29, 1.82) is 0 Å². The molecule has 1 amide bonds. The Labute approximate surface area is 151 Å². The third-order valence-corrected chi connectivity index (χ3v) is 4.28. The molecule has 3 nitrogen and oxygen atoms in total. The number of carbonyl (C=O) groups excluding carboxylic acids is 1. The van der Waals surface area contributed by atoms with Crippen molar-refractivity contribution >= 4 is 24.0 Å². The summed E-state index contributed by atoms with van der Waals surface area (Å²) in [5, 5.41) is 3.06. The summed E-state index contributed by atoms with van der Waals surface area (Å²) in [6.07, 6.45) is 1.13. The third-order valence-electron chi connectivity index (χ3n) is 4.28. The maximum absolute atomic E-state index is 12.1. The number of nitrogens with one attached hydrogen (secondary N) is 1. The third kappa shape index (κ3) is 5.27. The molecule has 4 heteroatoms. The van der Waals surface area contributed by atoms with E-state index in [9.17, 15) is 4.79 Å². The number of benzene rings is 2. The zero-order valence-electron chi connectivity index (χ0n) is 14.6. The average Bonchev–Trinajstić information content (AvgIpc) is 2.52. The molecule has 0 fully saturated rings. The fourth-order valence-corrected chi connectivity index (χ4v) is 2.85. The highest BCUT2D eigenvalue weighted by Gasteiger charge is 2.22. The zero-order valence-corrected chi connectivity index (χ0v) is 15.5. The molecule has 0 saturated heterocycles. The van der Waals surface area contributed by atoms with Gasteiger partial charge in [0.25, 0.3) is 0 Å². The molecule has 0 aliphatic rings. The van der Waals surface area contributed by atoms with E-state index in [4.69, 9.17) is 5.73 Å². The summed E-state index contributed by atoms with van der Waals surface area (Å²) in [7, 11) is 0. The number of carbonyl (C=O) groups is 1. The second-order valence-electron chi connectivity index (χ2n) is 6.67. The number of anilines is 1. The van der Waals surface area contributed by atoms with Crippen molar-refractivity contribution in [2.75, 3.05) is 12.3 Å². The van der Waals surface area contributed by atoms with E-state index in [1.165, 1.54) is 11.1 Å². The van der Waals surface area contributed by atoms with Crippen molar-refractivity contribution in [3.8, 4) is 0 Å². The molecule has 2 aromatic carbocycles. The van der Waals surface area contributed by atoms with Crippen LogP contribution in [0.5, 0.6) is 0 Å². The van der Waals surface area contributed by atoms with Gasteiger partial charge in [0, 0.05) is 24.1 Å². The number of nitrogen functional groups attached to an aromatic ring is 1. The molecule has 0 atom stereocenters. The van der Waals surface area contributed by atoms with Gasteiger partial charge in [0.05, 0.1) is 0 Å². The van der Waals surface area contributed by atoms with Crippen LogP contribution in [-0.2, 0) is 16.6 Å². The van der Waals surface area contributed by atoms with Gasteiger partial charge in [-0.15, -0.1) is 12.4 Å². The van der Waals surface area contributed by atoms with E-state index < -0.39 is 0 Å². The van der Waals surface area contributed by atoms with Crippen molar-refractivity contribution in [2.24, 2.45) is 0 Å². The highest BCUT2D eigenvalue weighted by Crippen LogP contribution is 2.25. The summed E-state index contributed by atoms with van der Waals surface area (Å²) in [6.45, 7) is 7.05. The van der Waals surface area contributed by atoms with Crippen molar-refractivity contribution in [3.63, 3.8) is 0 Å². The Bertz CT molecular complexity index is 683. The van der Waals surface area contributed by atoms with Crippen molar-refractivity contribution in [1.82, 2.24) is 5.32 Å². The minimum atomic E-state index is -0.0905. The first-order valence-electron chi connectivity index (χ1n) is 8.06. The van der Waals surface area contributed by atoms with Gasteiger partial charge < -0.3 is 11.1 Å². The van der Waals surface area contributed by atoms with E-state index in [0.717, 1.165) is 11.3 Å². The first kappa shape index (κ1) is 20.0. The molecule has 130 valence electrons. The highest BCUT2D eigenvalue weighted by atomic mass is 35.5. The number of rotatable bonds is 6. The Morgan fingerprint density at radius 2 is 1.71 bits per heavy atom. The van der Waals surface area contributed by atoms with Crippen LogP contribution >= 0.6 is 12.4 Å². The molecule has 0 aliphatic carbocycles. The van der Waals surface area contributed by atoms with Crippen LogP contribution in [0.1, 0.15) is 37.0 Å². The normalized spacial score (nSPS) is 10.8. The highest BCUT2D eigenvalue weighted by molar-refractivity contribution is 5.85. The van der Waals surface area contributed by atoms with Crippen molar-refractivity contribution < 1.29 is 4.79 Å². The van der Waals surface area contributed by atoms with Crippen LogP contribution in [0.3, 0.4) is 0 Å². The molecular formula is C20H27ClN2O. The van der Waals surface area contributed by atoms with Gasteiger partial charge in [-0.3, -0.25) is 4.79 Å². The number of nitrogens with two attached hydrogens (primary N) is 1. The number of hydrogen-bond acceptors (Lipinski definition) is 2.